The lowest BCUT2D eigenvalue weighted by Gasteiger charge is -2.05. The van der Waals surface area contributed by atoms with Gasteiger partial charge in [-0.2, -0.15) is 0 Å². The SMILES string of the molecule is COC(=O)CCCNC(=O)c1cc(F)c(F)c(F)c1. The minimum atomic E-state index is -1.62. The van der Waals surface area contributed by atoms with E-state index in [0.717, 1.165) is 0 Å². The van der Waals surface area contributed by atoms with Crippen LogP contribution in [-0.2, 0) is 9.53 Å². The summed E-state index contributed by atoms with van der Waals surface area (Å²) >= 11 is 0. The molecule has 0 aliphatic rings. The number of ether oxygens (including phenoxy) is 1. The highest BCUT2D eigenvalue weighted by atomic mass is 19.2. The molecule has 0 atom stereocenters. The lowest BCUT2D eigenvalue weighted by molar-refractivity contribution is -0.140. The summed E-state index contributed by atoms with van der Waals surface area (Å²) in [4.78, 5) is 22.3. The van der Waals surface area contributed by atoms with Crippen LogP contribution >= 0.6 is 0 Å². The second-order valence-electron chi connectivity index (χ2n) is 3.69. The average molecular weight is 275 g/mol. The van der Waals surface area contributed by atoms with E-state index < -0.39 is 29.3 Å². The number of rotatable bonds is 5. The molecular formula is C12H12F3NO3. The smallest absolute Gasteiger partial charge is 0.305 e. The Bertz CT molecular complexity index is 468. The van der Waals surface area contributed by atoms with Gasteiger partial charge in [0.25, 0.3) is 5.91 Å². The number of nitrogens with one attached hydrogen (secondary N) is 1. The molecule has 1 amide bonds. The van der Waals surface area contributed by atoms with Crippen molar-refractivity contribution >= 4 is 11.9 Å². The first kappa shape index (κ1) is 15.0. The number of esters is 1. The Morgan fingerprint density at radius 1 is 1.21 bits per heavy atom. The summed E-state index contributed by atoms with van der Waals surface area (Å²) in [6, 6.07) is 1.21. The van der Waals surface area contributed by atoms with E-state index >= 15 is 0 Å². The maximum Gasteiger partial charge on any atom is 0.305 e. The molecule has 1 aromatic carbocycles. The molecule has 0 saturated carbocycles. The van der Waals surface area contributed by atoms with E-state index in [1.165, 1.54) is 7.11 Å². The second kappa shape index (κ2) is 6.77. The zero-order valence-corrected chi connectivity index (χ0v) is 10.1. The molecule has 19 heavy (non-hydrogen) atoms. The second-order valence-corrected chi connectivity index (χ2v) is 3.69. The summed E-state index contributed by atoms with van der Waals surface area (Å²) in [5.74, 6) is -5.66. The molecule has 1 N–H and O–H groups in total. The molecule has 104 valence electrons. The summed E-state index contributed by atoms with van der Waals surface area (Å²) in [7, 11) is 1.24. The minimum absolute atomic E-state index is 0.114. The van der Waals surface area contributed by atoms with Crippen LogP contribution in [0.2, 0.25) is 0 Å². The van der Waals surface area contributed by atoms with Gasteiger partial charge in [0, 0.05) is 18.5 Å². The molecule has 0 saturated heterocycles. The summed E-state index contributed by atoms with van der Waals surface area (Å²) in [5.41, 5.74) is -0.325. The Hall–Kier alpha value is -2.05. The standard InChI is InChI=1S/C12H12F3NO3/c1-19-10(17)3-2-4-16-12(18)7-5-8(13)11(15)9(14)6-7/h5-6H,2-4H2,1H3,(H,16,18). The third-order valence-electron chi connectivity index (χ3n) is 2.32. The van der Waals surface area contributed by atoms with Gasteiger partial charge in [-0.1, -0.05) is 0 Å². The maximum atomic E-state index is 12.9. The van der Waals surface area contributed by atoms with Crippen LogP contribution in [0.15, 0.2) is 12.1 Å². The lowest BCUT2D eigenvalue weighted by Crippen LogP contribution is -2.25. The molecule has 0 unspecified atom stereocenters. The van der Waals surface area contributed by atoms with Gasteiger partial charge in [-0.3, -0.25) is 9.59 Å². The lowest BCUT2D eigenvalue weighted by atomic mass is 10.2. The normalized spacial score (nSPS) is 10.1. The van der Waals surface area contributed by atoms with Crippen LogP contribution in [0.3, 0.4) is 0 Å². The van der Waals surface area contributed by atoms with Crippen molar-refractivity contribution < 1.29 is 27.5 Å². The number of amides is 1. The van der Waals surface area contributed by atoms with Gasteiger partial charge in [0.1, 0.15) is 0 Å². The van der Waals surface area contributed by atoms with Gasteiger partial charge in [0.2, 0.25) is 0 Å². The molecule has 0 heterocycles. The maximum absolute atomic E-state index is 12.9. The predicted molar refractivity (Wildman–Crippen MR) is 59.9 cm³/mol. The molecule has 4 nitrogen and oxygen atoms in total. The highest BCUT2D eigenvalue weighted by molar-refractivity contribution is 5.94. The van der Waals surface area contributed by atoms with Gasteiger partial charge in [-0.25, -0.2) is 13.2 Å². The van der Waals surface area contributed by atoms with E-state index in [2.05, 4.69) is 10.1 Å². The number of carbonyl (C=O) groups is 2. The summed E-state index contributed by atoms with van der Waals surface area (Å²) in [6.45, 7) is 0.133. The third kappa shape index (κ3) is 4.27. The fourth-order valence-electron chi connectivity index (χ4n) is 1.33. The number of carbonyl (C=O) groups excluding carboxylic acids is 2. The average Bonchev–Trinajstić information content (AvgIpc) is 2.39. The van der Waals surface area contributed by atoms with E-state index in [0.29, 0.717) is 18.6 Å². The first-order valence-corrected chi connectivity index (χ1v) is 5.45. The van der Waals surface area contributed by atoms with Gasteiger partial charge < -0.3 is 10.1 Å². The first-order valence-electron chi connectivity index (χ1n) is 5.45. The Balaban J connectivity index is 2.52. The van der Waals surface area contributed by atoms with Gasteiger partial charge in [-0.05, 0) is 18.6 Å². The molecular weight excluding hydrogens is 263 g/mol. The van der Waals surface area contributed by atoms with Crippen LogP contribution in [0.1, 0.15) is 23.2 Å². The molecule has 1 aromatic rings. The van der Waals surface area contributed by atoms with Crippen molar-refractivity contribution in [3.8, 4) is 0 Å². The highest BCUT2D eigenvalue weighted by Crippen LogP contribution is 2.13. The van der Waals surface area contributed by atoms with Crippen molar-refractivity contribution in [1.82, 2.24) is 5.32 Å². The van der Waals surface area contributed by atoms with Crippen molar-refractivity contribution in [3.63, 3.8) is 0 Å². The fourth-order valence-corrected chi connectivity index (χ4v) is 1.33. The Kier molecular flexibility index (Phi) is 5.35. The van der Waals surface area contributed by atoms with Crippen molar-refractivity contribution in [1.29, 1.82) is 0 Å². The van der Waals surface area contributed by atoms with Crippen molar-refractivity contribution in [2.24, 2.45) is 0 Å². The summed E-state index contributed by atoms with van der Waals surface area (Å²) in [5, 5.41) is 2.35. The van der Waals surface area contributed by atoms with E-state index in [1.54, 1.807) is 0 Å². The van der Waals surface area contributed by atoms with Crippen molar-refractivity contribution in [2.45, 2.75) is 12.8 Å². The van der Waals surface area contributed by atoms with Gasteiger partial charge >= 0.3 is 5.97 Å². The number of hydrogen-bond donors (Lipinski definition) is 1. The molecule has 0 aliphatic carbocycles. The molecule has 0 bridgehead atoms. The highest BCUT2D eigenvalue weighted by Gasteiger charge is 2.14. The van der Waals surface area contributed by atoms with Crippen LogP contribution in [0.5, 0.6) is 0 Å². The van der Waals surface area contributed by atoms with Crippen molar-refractivity contribution in [3.05, 3.63) is 35.1 Å². The number of methoxy groups -OCH3 is 1. The number of benzene rings is 1. The van der Waals surface area contributed by atoms with Crippen LogP contribution in [0, 0.1) is 17.5 Å². The molecule has 0 spiro atoms. The van der Waals surface area contributed by atoms with E-state index in [4.69, 9.17) is 0 Å². The van der Waals surface area contributed by atoms with Crippen LogP contribution < -0.4 is 5.32 Å². The van der Waals surface area contributed by atoms with E-state index in [1.807, 2.05) is 0 Å². The summed E-state index contributed by atoms with van der Waals surface area (Å²) in [6.07, 6.45) is 0.438. The predicted octanol–water partition coefficient (Wildman–Crippen LogP) is 1.79. The zero-order valence-electron chi connectivity index (χ0n) is 10.1. The summed E-state index contributed by atoms with van der Waals surface area (Å²) < 4.78 is 42.8. The number of halogens is 3. The Morgan fingerprint density at radius 2 is 1.79 bits per heavy atom. The van der Waals surface area contributed by atoms with Gasteiger partial charge in [-0.15, -0.1) is 0 Å². The largest absolute Gasteiger partial charge is 0.469 e. The van der Waals surface area contributed by atoms with Gasteiger partial charge in [0.15, 0.2) is 17.5 Å². The Labute approximate surface area is 107 Å². The molecule has 7 heteroatoms. The van der Waals surface area contributed by atoms with Crippen LogP contribution in [-0.4, -0.2) is 25.5 Å². The van der Waals surface area contributed by atoms with Crippen LogP contribution in [0.4, 0.5) is 13.2 Å². The molecule has 0 fully saturated rings. The van der Waals surface area contributed by atoms with E-state index in [-0.39, 0.29) is 18.5 Å². The monoisotopic (exact) mass is 275 g/mol. The first-order chi connectivity index (χ1) is 8.95. The fraction of sp³-hybridized carbons (Fsp3) is 0.333. The molecule has 0 radical (unpaired) electrons. The molecule has 1 rings (SSSR count). The zero-order chi connectivity index (χ0) is 14.4. The van der Waals surface area contributed by atoms with Crippen LogP contribution in [0.25, 0.3) is 0 Å². The number of hydrogen-bond acceptors (Lipinski definition) is 3. The molecule has 0 aromatic heterocycles. The topological polar surface area (TPSA) is 55.4 Å². The molecule has 0 aliphatic heterocycles. The third-order valence-corrected chi connectivity index (χ3v) is 2.32. The Morgan fingerprint density at radius 3 is 2.32 bits per heavy atom. The minimum Gasteiger partial charge on any atom is -0.469 e. The van der Waals surface area contributed by atoms with Gasteiger partial charge in [0.05, 0.1) is 7.11 Å². The van der Waals surface area contributed by atoms with Crippen molar-refractivity contribution in [2.75, 3.05) is 13.7 Å². The quantitative estimate of drug-likeness (QED) is 0.506. The van der Waals surface area contributed by atoms with E-state index in [9.17, 15) is 22.8 Å².